The number of hydrogen-bond donors (Lipinski definition) is 0. The lowest BCUT2D eigenvalue weighted by Gasteiger charge is -2.28. The van der Waals surface area contributed by atoms with E-state index < -0.39 is 0 Å². The second kappa shape index (κ2) is 13.7. The first kappa shape index (κ1) is 29.1. The summed E-state index contributed by atoms with van der Waals surface area (Å²) in [4.78, 5) is 0. The molecule has 3 rings (SSSR count). The first-order valence-electron chi connectivity index (χ1n) is 13.1. The fourth-order valence-corrected chi connectivity index (χ4v) is 6.29. The molecule has 3 aliphatic rings. The van der Waals surface area contributed by atoms with E-state index in [1.807, 2.05) is 0 Å². The number of ether oxygens (including phenoxy) is 1. The maximum atomic E-state index is 5.31. The normalized spacial score (nSPS) is 22.9. The van der Waals surface area contributed by atoms with E-state index in [9.17, 15) is 0 Å². The van der Waals surface area contributed by atoms with Gasteiger partial charge >= 0.3 is 0 Å². The quantitative estimate of drug-likeness (QED) is 0.394. The minimum atomic E-state index is 0.496. The molecular weight excluding hydrogens is 396 g/mol. The van der Waals surface area contributed by atoms with Gasteiger partial charge in [-0.3, -0.25) is 0 Å². The van der Waals surface area contributed by atoms with Crippen molar-refractivity contribution in [2.45, 2.75) is 120 Å². The highest BCUT2D eigenvalue weighted by molar-refractivity contribution is 7.99. The summed E-state index contributed by atoms with van der Waals surface area (Å²) in [5.41, 5.74) is 3.24. The standard InChI is InChI=1S/C10H20O.C10H18.C9H18S/c1-10(2,3)8-9-4-6-11-7-5-9;1-10(2,3)8-9-6-4-5-7-9;1-9(2,3)6-8-4-5-10-7-8/h9H,4-8H2,1-3H3;6H,4-5,7-8H2,1-3H3;8H,4-7H2,1-3H3. The Morgan fingerprint density at radius 2 is 1.39 bits per heavy atom. The van der Waals surface area contributed by atoms with Gasteiger partial charge in [-0.1, -0.05) is 74.0 Å². The van der Waals surface area contributed by atoms with Gasteiger partial charge in [0.2, 0.25) is 0 Å². The second-order valence-electron chi connectivity index (χ2n) is 13.8. The predicted molar refractivity (Wildman–Crippen MR) is 143 cm³/mol. The summed E-state index contributed by atoms with van der Waals surface area (Å²) in [6.07, 6.45) is 14.6. The molecule has 2 saturated heterocycles. The van der Waals surface area contributed by atoms with E-state index in [-0.39, 0.29) is 0 Å². The van der Waals surface area contributed by atoms with E-state index in [2.05, 4.69) is 80.2 Å². The summed E-state index contributed by atoms with van der Waals surface area (Å²) >= 11 is 2.12. The van der Waals surface area contributed by atoms with Crippen molar-refractivity contribution in [3.05, 3.63) is 11.6 Å². The highest BCUT2D eigenvalue weighted by Crippen LogP contribution is 2.34. The first-order valence-corrected chi connectivity index (χ1v) is 14.2. The molecule has 0 bridgehead atoms. The van der Waals surface area contributed by atoms with Crippen LogP contribution in [0.3, 0.4) is 0 Å². The van der Waals surface area contributed by atoms with E-state index >= 15 is 0 Å². The summed E-state index contributed by atoms with van der Waals surface area (Å²) in [5.74, 6) is 4.76. The summed E-state index contributed by atoms with van der Waals surface area (Å²) in [6, 6.07) is 0. The molecule has 31 heavy (non-hydrogen) atoms. The van der Waals surface area contributed by atoms with Crippen LogP contribution in [-0.4, -0.2) is 24.7 Å². The topological polar surface area (TPSA) is 9.23 Å². The maximum Gasteiger partial charge on any atom is 0.0468 e. The molecule has 1 aliphatic carbocycles. The van der Waals surface area contributed by atoms with Crippen LogP contribution in [0.4, 0.5) is 0 Å². The van der Waals surface area contributed by atoms with Gasteiger partial charge in [0, 0.05) is 13.2 Å². The van der Waals surface area contributed by atoms with E-state index in [1.54, 1.807) is 5.57 Å². The molecule has 1 nitrogen and oxygen atoms in total. The van der Waals surface area contributed by atoms with Gasteiger partial charge < -0.3 is 4.74 Å². The zero-order chi connectivity index (χ0) is 23.5. The summed E-state index contributed by atoms with van der Waals surface area (Å²) in [6.45, 7) is 22.9. The van der Waals surface area contributed by atoms with Crippen molar-refractivity contribution < 1.29 is 4.74 Å². The molecule has 0 saturated carbocycles. The lowest BCUT2D eigenvalue weighted by molar-refractivity contribution is 0.0532. The van der Waals surface area contributed by atoms with Gasteiger partial charge in [-0.05, 0) is 97.4 Å². The zero-order valence-electron chi connectivity index (χ0n) is 22.7. The number of thioether (sulfide) groups is 1. The van der Waals surface area contributed by atoms with Crippen LogP contribution in [0.5, 0.6) is 0 Å². The summed E-state index contributed by atoms with van der Waals surface area (Å²) < 4.78 is 5.31. The molecule has 0 N–H and O–H groups in total. The van der Waals surface area contributed by atoms with E-state index in [4.69, 9.17) is 4.74 Å². The van der Waals surface area contributed by atoms with Crippen molar-refractivity contribution in [3.8, 4) is 0 Å². The van der Waals surface area contributed by atoms with Crippen LogP contribution < -0.4 is 0 Å². The first-order chi connectivity index (χ1) is 14.2. The van der Waals surface area contributed by atoms with Crippen LogP contribution in [0.15, 0.2) is 11.6 Å². The SMILES string of the molecule is CC(C)(C)CC1=CCCC1.CC(C)(C)CC1CCOCC1.CC(C)(C)CC1CCSC1. The average molecular weight is 453 g/mol. The molecule has 0 radical (unpaired) electrons. The third-order valence-electron chi connectivity index (χ3n) is 6.06. The Hall–Kier alpha value is 0.0500. The van der Waals surface area contributed by atoms with E-state index in [0.29, 0.717) is 16.2 Å². The number of hydrogen-bond acceptors (Lipinski definition) is 2. The number of rotatable bonds is 3. The molecule has 0 spiro atoms. The smallest absolute Gasteiger partial charge is 0.0468 e. The van der Waals surface area contributed by atoms with Crippen LogP contribution in [0.2, 0.25) is 0 Å². The lowest BCUT2D eigenvalue weighted by atomic mass is 9.81. The maximum absolute atomic E-state index is 5.31. The van der Waals surface area contributed by atoms with Gasteiger partial charge in [0.15, 0.2) is 0 Å². The molecule has 2 heterocycles. The Morgan fingerprint density at radius 1 is 0.806 bits per heavy atom. The van der Waals surface area contributed by atoms with Crippen LogP contribution in [0.1, 0.15) is 120 Å². The fourth-order valence-electron chi connectivity index (χ4n) is 5.01. The molecule has 184 valence electrons. The Bertz CT molecular complexity index is 488. The highest BCUT2D eigenvalue weighted by atomic mass is 32.2. The predicted octanol–water partition coefficient (Wildman–Crippen LogP) is 9.56. The van der Waals surface area contributed by atoms with Crippen LogP contribution in [0, 0.1) is 28.1 Å². The molecule has 0 aromatic carbocycles. The average Bonchev–Trinajstić information content (AvgIpc) is 3.26. The molecule has 2 aliphatic heterocycles. The van der Waals surface area contributed by atoms with Crippen molar-refractivity contribution in [3.63, 3.8) is 0 Å². The van der Waals surface area contributed by atoms with Gasteiger partial charge in [-0.25, -0.2) is 0 Å². The van der Waals surface area contributed by atoms with Gasteiger partial charge in [0.1, 0.15) is 0 Å². The molecule has 1 unspecified atom stereocenters. The van der Waals surface area contributed by atoms with Crippen molar-refractivity contribution in [1.29, 1.82) is 0 Å². The Labute approximate surface area is 200 Å². The lowest BCUT2D eigenvalue weighted by Crippen LogP contribution is -2.20. The Balaban J connectivity index is 0.000000233. The number of allylic oxidation sites excluding steroid dienone is 2. The van der Waals surface area contributed by atoms with Crippen molar-refractivity contribution in [2.24, 2.45) is 28.1 Å². The fraction of sp³-hybridized carbons (Fsp3) is 0.931. The van der Waals surface area contributed by atoms with E-state index in [1.165, 1.54) is 69.3 Å². The largest absolute Gasteiger partial charge is 0.381 e. The molecular formula is C29H56OS. The second-order valence-corrected chi connectivity index (χ2v) is 15.0. The summed E-state index contributed by atoms with van der Waals surface area (Å²) in [5, 5.41) is 0. The van der Waals surface area contributed by atoms with Crippen molar-refractivity contribution in [2.75, 3.05) is 24.7 Å². The molecule has 0 aromatic heterocycles. The highest BCUT2D eigenvalue weighted by Gasteiger charge is 2.22. The minimum absolute atomic E-state index is 0.496. The third kappa shape index (κ3) is 17.2. The molecule has 0 aromatic rings. The molecule has 0 amide bonds. The van der Waals surface area contributed by atoms with Gasteiger partial charge in [-0.15, -0.1) is 0 Å². The molecule has 2 heteroatoms. The van der Waals surface area contributed by atoms with Crippen LogP contribution in [-0.2, 0) is 4.74 Å². The Kier molecular flexibility index (Phi) is 12.8. The van der Waals surface area contributed by atoms with Crippen LogP contribution >= 0.6 is 11.8 Å². The van der Waals surface area contributed by atoms with Gasteiger partial charge in [0.05, 0.1) is 0 Å². The van der Waals surface area contributed by atoms with Crippen LogP contribution in [0.25, 0.3) is 0 Å². The van der Waals surface area contributed by atoms with Gasteiger partial charge in [-0.2, -0.15) is 11.8 Å². The zero-order valence-corrected chi connectivity index (χ0v) is 23.6. The molecule has 1 atom stereocenters. The van der Waals surface area contributed by atoms with E-state index in [0.717, 1.165) is 25.0 Å². The Morgan fingerprint density at radius 3 is 1.81 bits per heavy atom. The van der Waals surface area contributed by atoms with Gasteiger partial charge in [0.25, 0.3) is 0 Å². The molecule has 2 fully saturated rings. The minimum Gasteiger partial charge on any atom is -0.381 e. The van der Waals surface area contributed by atoms with Crippen molar-refractivity contribution in [1.82, 2.24) is 0 Å². The third-order valence-corrected chi connectivity index (χ3v) is 7.29. The van der Waals surface area contributed by atoms with Crippen molar-refractivity contribution >= 4 is 11.8 Å². The monoisotopic (exact) mass is 452 g/mol. The summed E-state index contributed by atoms with van der Waals surface area (Å²) in [7, 11) is 0.